The molecular weight excluding hydrogens is 190 g/mol. The van der Waals surface area contributed by atoms with Crippen molar-refractivity contribution in [1.82, 2.24) is 0 Å². The lowest BCUT2D eigenvalue weighted by Crippen LogP contribution is -1.97. The van der Waals surface area contributed by atoms with E-state index in [1.807, 2.05) is 25.1 Å². The highest BCUT2D eigenvalue weighted by Crippen LogP contribution is 2.21. The van der Waals surface area contributed by atoms with Crippen LogP contribution in [0, 0.1) is 6.92 Å². The van der Waals surface area contributed by atoms with Gasteiger partial charge in [-0.3, -0.25) is 0 Å². The van der Waals surface area contributed by atoms with Crippen LogP contribution in [0.2, 0.25) is 0 Å². The number of aromatic hydroxyl groups is 1. The van der Waals surface area contributed by atoms with Crippen molar-refractivity contribution >= 4 is 5.69 Å². The quantitative estimate of drug-likeness (QED) is 0.806. The number of nitrogens with one attached hydrogen (secondary N) is 1. The van der Waals surface area contributed by atoms with Crippen molar-refractivity contribution in [3.63, 3.8) is 0 Å². The summed E-state index contributed by atoms with van der Waals surface area (Å²) in [5.41, 5.74) is 2.86. The van der Waals surface area contributed by atoms with E-state index in [2.05, 4.69) is 5.32 Å². The lowest BCUT2D eigenvalue weighted by atomic mass is 10.2. The van der Waals surface area contributed by atoms with Crippen LogP contribution in [-0.4, -0.2) is 5.11 Å². The van der Waals surface area contributed by atoms with Gasteiger partial charge in [0.2, 0.25) is 0 Å². The monoisotopic (exact) mass is 203 g/mol. The van der Waals surface area contributed by atoms with Crippen LogP contribution < -0.4 is 5.32 Å². The molecule has 0 amide bonds. The highest BCUT2D eigenvalue weighted by molar-refractivity contribution is 5.51. The summed E-state index contributed by atoms with van der Waals surface area (Å²) in [6.07, 6.45) is 3.34. The van der Waals surface area contributed by atoms with E-state index in [9.17, 15) is 5.11 Å². The first-order valence-electron chi connectivity index (χ1n) is 4.80. The zero-order chi connectivity index (χ0) is 10.7. The summed E-state index contributed by atoms with van der Waals surface area (Å²) in [6, 6.07) is 7.44. The highest BCUT2D eigenvalue weighted by Gasteiger charge is 1.98. The number of hydrogen-bond donors (Lipinski definition) is 2. The summed E-state index contributed by atoms with van der Waals surface area (Å²) in [7, 11) is 0. The summed E-state index contributed by atoms with van der Waals surface area (Å²) in [5.74, 6) is 0.312. The third kappa shape index (κ3) is 2.31. The maximum absolute atomic E-state index is 9.50. The second-order valence-electron chi connectivity index (χ2n) is 3.49. The molecule has 0 spiro atoms. The average molecular weight is 203 g/mol. The number of rotatable bonds is 3. The Labute approximate surface area is 88.4 Å². The molecule has 3 nitrogen and oxygen atoms in total. The zero-order valence-electron chi connectivity index (χ0n) is 8.53. The second kappa shape index (κ2) is 4.09. The normalized spacial score (nSPS) is 10.2. The highest BCUT2D eigenvalue weighted by atomic mass is 16.3. The molecule has 0 bridgehead atoms. The summed E-state index contributed by atoms with van der Waals surface area (Å²) in [4.78, 5) is 0. The number of hydrogen-bond acceptors (Lipinski definition) is 3. The Morgan fingerprint density at radius 2 is 2.20 bits per heavy atom. The molecule has 0 aliphatic rings. The number of phenols is 1. The van der Waals surface area contributed by atoms with E-state index >= 15 is 0 Å². The Kier molecular flexibility index (Phi) is 2.63. The number of anilines is 1. The second-order valence-corrected chi connectivity index (χ2v) is 3.49. The number of furan rings is 1. The Balaban J connectivity index is 2.02. The van der Waals surface area contributed by atoms with Crippen LogP contribution in [-0.2, 0) is 6.54 Å². The van der Waals surface area contributed by atoms with Gasteiger partial charge >= 0.3 is 0 Å². The van der Waals surface area contributed by atoms with Crippen LogP contribution in [0.1, 0.15) is 11.1 Å². The molecule has 2 N–H and O–H groups in total. The first kappa shape index (κ1) is 9.65. The van der Waals surface area contributed by atoms with Gasteiger partial charge in [0.25, 0.3) is 0 Å². The molecule has 1 aromatic carbocycles. The van der Waals surface area contributed by atoms with E-state index in [0.29, 0.717) is 12.3 Å². The molecule has 15 heavy (non-hydrogen) atoms. The molecule has 0 aliphatic heterocycles. The fraction of sp³-hybridized carbons (Fsp3) is 0.167. The molecule has 0 saturated carbocycles. The van der Waals surface area contributed by atoms with Crippen molar-refractivity contribution < 1.29 is 9.52 Å². The van der Waals surface area contributed by atoms with Gasteiger partial charge in [-0.15, -0.1) is 0 Å². The van der Waals surface area contributed by atoms with Gasteiger partial charge in [-0.05, 0) is 24.6 Å². The lowest BCUT2D eigenvalue weighted by molar-refractivity contribution is 0.471. The number of benzene rings is 1. The van der Waals surface area contributed by atoms with Crippen molar-refractivity contribution in [2.75, 3.05) is 5.32 Å². The Morgan fingerprint density at radius 3 is 2.87 bits per heavy atom. The first-order valence-corrected chi connectivity index (χ1v) is 4.80. The molecule has 1 aromatic heterocycles. The molecule has 1 heterocycles. The molecule has 0 unspecified atom stereocenters. The molecular formula is C12H13NO2. The van der Waals surface area contributed by atoms with E-state index < -0.39 is 0 Å². The molecule has 2 aromatic rings. The van der Waals surface area contributed by atoms with Crippen LogP contribution in [0.4, 0.5) is 5.69 Å². The van der Waals surface area contributed by atoms with Gasteiger partial charge in [-0.25, -0.2) is 0 Å². The van der Waals surface area contributed by atoms with Crippen molar-refractivity contribution in [1.29, 1.82) is 0 Å². The minimum atomic E-state index is 0.312. The standard InChI is InChI=1S/C12H13NO2/c1-9-2-3-11(6-12(9)14)13-7-10-4-5-15-8-10/h2-6,8,13-14H,7H2,1H3. The fourth-order valence-electron chi connectivity index (χ4n) is 1.32. The Morgan fingerprint density at radius 1 is 1.33 bits per heavy atom. The summed E-state index contributed by atoms with van der Waals surface area (Å²) >= 11 is 0. The Bertz CT molecular complexity index is 435. The van der Waals surface area contributed by atoms with Crippen LogP contribution in [0.15, 0.2) is 41.2 Å². The third-order valence-corrected chi connectivity index (χ3v) is 2.29. The molecule has 0 radical (unpaired) electrons. The topological polar surface area (TPSA) is 45.4 Å². The zero-order valence-corrected chi connectivity index (χ0v) is 8.53. The first-order chi connectivity index (χ1) is 7.25. The number of aryl methyl sites for hydroxylation is 1. The third-order valence-electron chi connectivity index (χ3n) is 2.29. The molecule has 0 aliphatic carbocycles. The van der Waals surface area contributed by atoms with Gasteiger partial charge in [-0.1, -0.05) is 6.07 Å². The predicted molar refractivity (Wildman–Crippen MR) is 58.9 cm³/mol. The van der Waals surface area contributed by atoms with Crippen molar-refractivity contribution in [3.8, 4) is 5.75 Å². The minimum Gasteiger partial charge on any atom is -0.508 e. The van der Waals surface area contributed by atoms with Gasteiger partial charge in [0.15, 0.2) is 0 Å². The van der Waals surface area contributed by atoms with Crippen LogP contribution in [0.3, 0.4) is 0 Å². The van der Waals surface area contributed by atoms with Crippen LogP contribution in [0.5, 0.6) is 5.75 Å². The average Bonchev–Trinajstić information content (AvgIpc) is 2.73. The van der Waals surface area contributed by atoms with E-state index in [1.165, 1.54) is 0 Å². The summed E-state index contributed by atoms with van der Waals surface area (Å²) in [6.45, 7) is 2.56. The van der Waals surface area contributed by atoms with E-state index in [0.717, 1.165) is 16.8 Å². The van der Waals surface area contributed by atoms with Crippen LogP contribution >= 0.6 is 0 Å². The predicted octanol–water partition coefficient (Wildman–Crippen LogP) is 2.91. The van der Waals surface area contributed by atoms with E-state index in [1.54, 1.807) is 18.6 Å². The van der Waals surface area contributed by atoms with Gasteiger partial charge < -0.3 is 14.8 Å². The SMILES string of the molecule is Cc1ccc(NCc2ccoc2)cc1O. The van der Waals surface area contributed by atoms with Gasteiger partial charge in [0.05, 0.1) is 12.5 Å². The summed E-state index contributed by atoms with van der Waals surface area (Å²) < 4.78 is 4.96. The minimum absolute atomic E-state index is 0.312. The smallest absolute Gasteiger partial charge is 0.120 e. The van der Waals surface area contributed by atoms with Gasteiger partial charge in [-0.2, -0.15) is 0 Å². The lowest BCUT2D eigenvalue weighted by Gasteiger charge is -2.06. The largest absolute Gasteiger partial charge is 0.508 e. The van der Waals surface area contributed by atoms with Gasteiger partial charge in [0.1, 0.15) is 5.75 Å². The fourth-order valence-corrected chi connectivity index (χ4v) is 1.32. The van der Waals surface area contributed by atoms with Crippen molar-refractivity contribution in [2.45, 2.75) is 13.5 Å². The van der Waals surface area contributed by atoms with Crippen molar-refractivity contribution in [2.24, 2.45) is 0 Å². The molecule has 78 valence electrons. The molecule has 0 saturated heterocycles. The molecule has 0 atom stereocenters. The van der Waals surface area contributed by atoms with E-state index in [-0.39, 0.29) is 0 Å². The molecule has 0 fully saturated rings. The van der Waals surface area contributed by atoms with E-state index in [4.69, 9.17) is 4.42 Å². The molecule has 3 heteroatoms. The maximum Gasteiger partial charge on any atom is 0.120 e. The number of phenolic OH excluding ortho intramolecular Hbond substituents is 1. The van der Waals surface area contributed by atoms with Crippen molar-refractivity contribution in [3.05, 3.63) is 47.9 Å². The molecule has 2 rings (SSSR count). The summed E-state index contributed by atoms with van der Waals surface area (Å²) in [5, 5.41) is 12.7. The Hall–Kier alpha value is -1.90. The van der Waals surface area contributed by atoms with Gasteiger partial charge in [0, 0.05) is 23.9 Å². The van der Waals surface area contributed by atoms with Crippen LogP contribution in [0.25, 0.3) is 0 Å². The maximum atomic E-state index is 9.50.